The van der Waals surface area contributed by atoms with E-state index >= 15 is 0 Å². The number of rotatable bonds is 5. The Morgan fingerprint density at radius 2 is 1.79 bits per heavy atom. The summed E-state index contributed by atoms with van der Waals surface area (Å²) in [5.74, 6) is 1.88. The predicted octanol–water partition coefficient (Wildman–Crippen LogP) is 5.32. The minimum atomic E-state index is 0.430. The topological polar surface area (TPSA) is 12.0 Å². The van der Waals surface area contributed by atoms with E-state index in [1.54, 1.807) is 0 Å². The molecule has 19 heavy (non-hydrogen) atoms. The molecule has 0 spiro atoms. The quantitative estimate of drug-likeness (QED) is 0.773. The molecule has 0 amide bonds. The van der Waals surface area contributed by atoms with Gasteiger partial charge in [-0.2, -0.15) is 0 Å². The average molecular weight is 324 g/mol. The highest BCUT2D eigenvalue weighted by Crippen LogP contribution is 2.31. The molecule has 1 unspecified atom stereocenters. The summed E-state index contributed by atoms with van der Waals surface area (Å²) in [5.41, 5.74) is 1.37. The van der Waals surface area contributed by atoms with Gasteiger partial charge < -0.3 is 5.32 Å². The Balaban J connectivity index is 1.78. The van der Waals surface area contributed by atoms with Crippen molar-refractivity contribution in [1.82, 2.24) is 5.32 Å². The zero-order chi connectivity index (χ0) is 13.7. The molecule has 1 aromatic rings. The van der Waals surface area contributed by atoms with Crippen LogP contribution < -0.4 is 5.32 Å². The van der Waals surface area contributed by atoms with Gasteiger partial charge in [0.15, 0.2) is 0 Å². The van der Waals surface area contributed by atoms with Gasteiger partial charge in [-0.3, -0.25) is 0 Å². The first-order valence-corrected chi connectivity index (χ1v) is 8.47. The molecule has 1 atom stereocenters. The maximum atomic E-state index is 3.71. The zero-order valence-electron chi connectivity index (χ0n) is 12.2. The molecule has 0 aliphatic heterocycles. The van der Waals surface area contributed by atoms with Gasteiger partial charge in [0.05, 0.1) is 0 Å². The van der Waals surface area contributed by atoms with Crippen LogP contribution in [0.1, 0.15) is 57.6 Å². The van der Waals surface area contributed by atoms with Crippen LogP contribution >= 0.6 is 15.9 Å². The second-order valence-electron chi connectivity index (χ2n) is 5.95. The normalized spacial score (nSPS) is 25.2. The standard InChI is InChI=1S/C17H26BrN/c1-3-14-8-10-15(11-9-14)12-19-13(2)16-6-4-5-7-17(16)18/h4-7,13-15,19H,3,8-12H2,1-2H3. The third-order valence-electron chi connectivity index (χ3n) is 4.63. The molecule has 0 radical (unpaired) electrons. The van der Waals surface area contributed by atoms with Crippen LogP contribution in [0.3, 0.4) is 0 Å². The van der Waals surface area contributed by atoms with E-state index in [9.17, 15) is 0 Å². The van der Waals surface area contributed by atoms with Gasteiger partial charge in [0.1, 0.15) is 0 Å². The second kappa shape index (κ2) is 7.44. The zero-order valence-corrected chi connectivity index (χ0v) is 13.7. The van der Waals surface area contributed by atoms with Crippen LogP contribution in [0.4, 0.5) is 0 Å². The van der Waals surface area contributed by atoms with Crippen LogP contribution in [0.5, 0.6) is 0 Å². The summed E-state index contributed by atoms with van der Waals surface area (Å²) in [7, 11) is 0. The highest BCUT2D eigenvalue weighted by Gasteiger charge is 2.20. The maximum absolute atomic E-state index is 3.71. The molecule has 0 heterocycles. The van der Waals surface area contributed by atoms with Gasteiger partial charge in [0.25, 0.3) is 0 Å². The number of halogens is 1. The van der Waals surface area contributed by atoms with Gasteiger partial charge in [0.2, 0.25) is 0 Å². The van der Waals surface area contributed by atoms with Crippen molar-refractivity contribution in [2.75, 3.05) is 6.54 Å². The third-order valence-corrected chi connectivity index (χ3v) is 5.35. The van der Waals surface area contributed by atoms with E-state index in [0.717, 1.165) is 11.8 Å². The molecule has 1 aliphatic carbocycles. The van der Waals surface area contributed by atoms with E-state index in [1.807, 2.05) is 0 Å². The van der Waals surface area contributed by atoms with Gasteiger partial charge in [-0.15, -0.1) is 0 Å². The van der Waals surface area contributed by atoms with E-state index in [2.05, 4.69) is 59.4 Å². The molecule has 0 saturated heterocycles. The molecule has 1 aliphatic rings. The third kappa shape index (κ3) is 4.32. The Labute approximate surface area is 126 Å². The average Bonchev–Trinajstić information content (AvgIpc) is 2.46. The lowest BCUT2D eigenvalue weighted by Gasteiger charge is -2.29. The Kier molecular flexibility index (Phi) is 5.90. The lowest BCUT2D eigenvalue weighted by atomic mass is 9.81. The van der Waals surface area contributed by atoms with Crippen molar-refractivity contribution < 1.29 is 0 Å². The van der Waals surface area contributed by atoms with Crippen molar-refractivity contribution >= 4 is 15.9 Å². The van der Waals surface area contributed by atoms with Crippen molar-refractivity contribution in [2.45, 2.75) is 52.0 Å². The Morgan fingerprint density at radius 1 is 1.16 bits per heavy atom. The Morgan fingerprint density at radius 3 is 2.42 bits per heavy atom. The molecule has 106 valence electrons. The number of hydrogen-bond acceptors (Lipinski definition) is 1. The van der Waals surface area contributed by atoms with Crippen molar-refractivity contribution in [2.24, 2.45) is 11.8 Å². The molecule has 1 nitrogen and oxygen atoms in total. The minimum Gasteiger partial charge on any atom is -0.310 e. The summed E-state index contributed by atoms with van der Waals surface area (Å²) in [5, 5.41) is 3.71. The van der Waals surface area contributed by atoms with Crippen molar-refractivity contribution in [3.63, 3.8) is 0 Å². The molecular weight excluding hydrogens is 298 g/mol. The van der Waals surface area contributed by atoms with Crippen molar-refractivity contribution in [1.29, 1.82) is 0 Å². The second-order valence-corrected chi connectivity index (χ2v) is 6.80. The first-order valence-electron chi connectivity index (χ1n) is 7.68. The molecule has 1 fully saturated rings. The number of nitrogens with one attached hydrogen (secondary N) is 1. The van der Waals surface area contributed by atoms with Crippen molar-refractivity contribution in [3.8, 4) is 0 Å². The lowest BCUT2D eigenvalue weighted by molar-refractivity contribution is 0.258. The maximum Gasteiger partial charge on any atom is 0.0303 e. The van der Waals surface area contributed by atoms with Crippen LogP contribution in [0.2, 0.25) is 0 Å². The van der Waals surface area contributed by atoms with E-state index in [4.69, 9.17) is 0 Å². The van der Waals surface area contributed by atoms with E-state index < -0.39 is 0 Å². The van der Waals surface area contributed by atoms with E-state index in [-0.39, 0.29) is 0 Å². The van der Waals surface area contributed by atoms with E-state index in [0.29, 0.717) is 6.04 Å². The summed E-state index contributed by atoms with van der Waals surface area (Å²) in [6.45, 7) is 5.76. The van der Waals surface area contributed by atoms with Crippen LogP contribution in [-0.2, 0) is 0 Å². The number of benzene rings is 1. The highest BCUT2D eigenvalue weighted by molar-refractivity contribution is 9.10. The SMILES string of the molecule is CCC1CCC(CNC(C)c2ccccc2Br)CC1. The fraction of sp³-hybridized carbons (Fsp3) is 0.647. The van der Waals surface area contributed by atoms with Gasteiger partial charge in [-0.1, -0.05) is 60.3 Å². The van der Waals surface area contributed by atoms with Gasteiger partial charge in [-0.05, 0) is 49.8 Å². The summed E-state index contributed by atoms with van der Waals surface area (Å²) < 4.78 is 1.21. The lowest BCUT2D eigenvalue weighted by Crippen LogP contribution is -2.28. The largest absolute Gasteiger partial charge is 0.310 e. The minimum absolute atomic E-state index is 0.430. The molecule has 2 heteroatoms. The van der Waals surface area contributed by atoms with Gasteiger partial charge >= 0.3 is 0 Å². The summed E-state index contributed by atoms with van der Waals surface area (Å²) in [4.78, 5) is 0. The van der Waals surface area contributed by atoms with Crippen LogP contribution in [0.15, 0.2) is 28.7 Å². The predicted molar refractivity (Wildman–Crippen MR) is 86.3 cm³/mol. The molecule has 0 aromatic heterocycles. The summed E-state index contributed by atoms with van der Waals surface area (Å²) in [6, 6.07) is 8.95. The van der Waals surface area contributed by atoms with Crippen LogP contribution in [-0.4, -0.2) is 6.54 Å². The fourth-order valence-electron chi connectivity index (χ4n) is 3.12. The molecule has 0 bridgehead atoms. The highest BCUT2D eigenvalue weighted by atomic mass is 79.9. The molecule has 1 aromatic carbocycles. The van der Waals surface area contributed by atoms with Crippen LogP contribution in [0.25, 0.3) is 0 Å². The molecular formula is C17H26BrN. The number of hydrogen-bond donors (Lipinski definition) is 1. The Bertz CT molecular complexity index is 383. The van der Waals surface area contributed by atoms with Crippen LogP contribution in [0, 0.1) is 11.8 Å². The molecule has 2 rings (SSSR count). The monoisotopic (exact) mass is 323 g/mol. The summed E-state index contributed by atoms with van der Waals surface area (Å²) in [6.07, 6.45) is 7.06. The van der Waals surface area contributed by atoms with Crippen molar-refractivity contribution in [3.05, 3.63) is 34.3 Å². The fourth-order valence-corrected chi connectivity index (χ4v) is 3.75. The van der Waals surface area contributed by atoms with Gasteiger partial charge in [-0.25, -0.2) is 0 Å². The first-order chi connectivity index (χ1) is 9.20. The van der Waals surface area contributed by atoms with Gasteiger partial charge in [0, 0.05) is 10.5 Å². The van der Waals surface area contributed by atoms with E-state index in [1.165, 1.54) is 48.7 Å². The summed E-state index contributed by atoms with van der Waals surface area (Å²) >= 11 is 3.64. The molecule has 1 N–H and O–H groups in total. The molecule has 1 saturated carbocycles. The Hall–Kier alpha value is -0.340. The smallest absolute Gasteiger partial charge is 0.0303 e. The first kappa shape index (κ1) is 15.1.